The molecule has 66 valence electrons. The minimum Gasteiger partial charge on any atom is -0.494 e. The Morgan fingerprint density at radius 3 is 2.77 bits per heavy atom. The van der Waals surface area contributed by atoms with Crippen LogP contribution in [0.25, 0.3) is 0 Å². The van der Waals surface area contributed by atoms with Crippen LogP contribution in [0, 0.1) is 17.1 Å². The van der Waals surface area contributed by atoms with E-state index in [1.807, 2.05) is 0 Å². The molecule has 0 aliphatic rings. The summed E-state index contributed by atoms with van der Waals surface area (Å²) in [5.41, 5.74) is 0.133. The lowest BCUT2D eigenvalue weighted by atomic mass is 10.1. The van der Waals surface area contributed by atoms with E-state index in [1.165, 1.54) is 13.2 Å². The third-order valence-electron chi connectivity index (χ3n) is 1.57. The van der Waals surface area contributed by atoms with E-state index in [2.05, 4.69) is 4.74 Å². The number of benzene rings is 1. The number of ether oxygens (including phenoxy) is 1. The Morgan fingerprint density at radius 1 is 1.62 bits per heavy atom. The van der Waals surface area contributed by atoms with Crippen LogP contribution in [-0.4, -0.2) is 13.4 Å². The summed E-state index contributed by atoms with van der Waals surface area (Å²) in [4.78, 5) is 10.4. The normalized spacial score (nSPS) is 9.00. The molecule has 0 atom stereocenters. The van der Waals surface area contributed by atoms with Gasteiger partial charge in [-0.1, -0.05) is 0 Å². The summed E-state index contributed by atoms with van der Waals surface area (Å²) in [5.74, 6) is -0.689. The molecule has 0 fully saturated rings. The van der Waals surface area contributed by atoms with E-state index < -0.39 is 5.82 Å². The molecule has 4 heteroatoms. The summed E-state index contributed by atoms with van der Waals surface area (Å²) in [6.45, 7) is 0. The number of halogens is 1. The van der Waals surface area contributed by atoms with Gasteiger partial charge in [-0.25, -0.2) is 4.39 Å². The second kappa shape index (κ2) is 3.68. The average Bonchev–Trinajstić information content (AvgIpc) is 2.17. The van der Waals surface area contributed by atoms with Crippen LogP contribution in [0.4, 0.5) is 4.39 Å². The zero-order valence-electron chi connectivity index (χ0n) is 6.87. The fourth-order valence-corrected chi connectivity index (χ4v) is 0.920. The second-order valence-corrected chi connectivity index (χ2v) is 2.30. The van der Waals surface area contributed by atoms with Crippen molar-refractivity contribution >= 4 is 6.29 Å². The standard InChI is InChI=1S/C9H6FNO2/c1-13-9-3-7(5-12)6(4-11)2-8(9)10/h2-3,5H,1H3. The molecular weight excluding hydrogens is 173 g/mol. The highest BCUT2D eigenvalue weighted by molar-refractivity contribution is 5.80. The third-order valence-corrected chi connectivity index (χ3v) is 1.57. The molecule has 0 amide bonds. The number of carbonyl (C=O) groups is 1. The molecule has 13 heavy (non-hydrogen) atoms. The van der Waals surface area contributed by atoms with Crippen molar-refractivity contribution in [1.29, 1.82) is 5.26 Å². The van der Waals surface area contributed by atoms with E-state index in [9.17, 15) is 9.18 Å². The molecule has 0 aliphatic heterocycles. The molecule has 0 bridgehead atoms. The van der Waals surface area contributed by atoms with Gasteiger partial charge in [0.05, 0.1) is 18.7 Å². The molecule has 0 spiro atoms. The third kappa shape index (κ3) is 1.64. The Balaban J connectivity index is 3.36. The summed E-state index contributed by atoms with van der Waals surface area (Å²) in [7, 11) is 1.29. The number of nitrogens with zero attached hydrogens (tertiary/aromatic N) is 1. The molecule has 0 unspecified atom stereocenters. The number of rotatable bonds is 2. The van der Waals surface area contributed by atoms with E-state index in [0.717, 1.165) is 6.07 Å². The van der Waals surface area contributed by atoms with E-state index in [-0.39, 0.29) is 16.9 Å². The number of nitriles is 1. The zero-order chi connectivity index (χ0) is 9.84. The number of hydrogen-bond acceptors (Lipinski definition) is 3. The molecular formula is C9H6FNO2. The van der Waals surface area contributed by atoms with Crippen molar-refractivity contribution in [2.75, 3.05) is 7.11 Å². The lowest BCUT2D eigenvalue weighted by Crippen LogP contribution is -1.94. The fourth-order valence-electron chi connectivity index (χ4n) is 0.920. The molecule has 0 aliphatic carbocycles. The summed E-state index contributed by atoms with van der Waals surface area (Å²) >= 11 is 0. The van der Waals surface area contributed by atoms with Gasteiger partial charge in [0.25, 0.3) is 0 Å². The van der Waals surface area contributed by atoms with Crippen molar-refractivity contribution in [2.24, 2.45) is 0 Å². The molecule has 3 nitrogen and oxygen atoms in total. The van der Waals surface area contributed by atoms with Crippen molar-refractivity contribution in [3.8, 4) is 11.8 Å². The average molecular weight is 179 g/mol. The van der Waals surface area contributed by atoms with E-state index in [1.54, 1.807) is 6.07 Å². The maximum atomic E-state index is 13.0. The van der Waals surface area contributed by atoms with Crippen LogP contribution in [0.1, 0.15) is 15.9 Å². The quantitative estimate of drug-likeness (QED) is 0.646. The maximum absolute atomic E-state index is 13.0. The summed E-state index contributed by atoms with van der Waals surface area (Å²) in [6.07, 6.45) is 0.487. The first-order valence-corrected chi connectivity index (χ1v) is 3.45. The zero-order valence-corrected chi connectivity index (χ0v) is 6.87. The lowest BCUT2D eigenvalue weighted by molar-refractivity contribution is 0.112. The SMILES string of the molecule is COc1cc(C=O)c(C#N)cc1F. The molecule has 0 saturated heterocycles. The van der Waals surface area contributed by atoms with Crippen molar-refractivity contribution in [2.45, 2.75) is 0 Å². The van der Waals surface area contributed by atoms with Gasteiger partial charge in [0.15, 0.2) is 17.9 Å². The van der Waals surface area contributed by atoms with Crippen LogP contribution in [0.2, 0.25) is 0 Å². The maximum Gasteiger partial charge on any atom is 0.166 e. The van der Waals surface area contributed by atoms with Gasteiger partial charge < -0.3 is 4.74 Å². The minimum atomic E-state index is -0.648. The first-order chi connectivity index (χ1) is 6.22. The summed E-state index contributed by atoms with van der Waals surface area (Å²) in [5, 5.41) is 8.52. The Labute approximate surface area is 74.4 Å². The van der Waals surface area contributed by atoms with Crippen LogP contribution in [0.5, 0.6) is 5.75 Å². The highest BCUT2D eigenvalue weighted by atomic mass is 19.1. The van der Waals surface area contributed by atoms with Gasteiger partial charge in [0.1, 0.15) is 0 Å². The lowest BCUT2D eigenvalue weighted by Gasteiger charge is -2.02. The largest absolute Gasteiger partial charge is 0.494 e. The molecule has 0 radical (unpaired) electrons. The van der Waals surface area contributed by atoms with E-state index >= 15 is 0 Å². The van der Waals surface area contributed by atoms with Gasteiger partial charge in [0.2, 0.25) is 0 Å². The monoisotopic (exact) mass is 179 g/mol. The van der Waals surface area contributed by atoms with E-state index in [0.29, 0.717) is 6.29 Å². The Hall–Kier alpha value is -1.89. The first kappa shape index (κ1) is 9.20. The molecule has 0 aromatic heterocycles. The predicted octanol–water partition coefficient (Wildman–Crippen LogP) is 1.52. The highest BCUT2D eigenvalue weighted by Gasteiger charge is 2.08. The smallest absolute Gasteiger partial charge is 0.166 e. The van der Waals surface area contributed by atoms with Gasteiger partial charge in [-0.2, -0.15) is 5.26 Å². The fraction of sp³-hybridized carbons (Fsp3) is 0.111. The van der Waals surface area contributed by atoms with Gasteiger partial charge in [-0.15, -0.1) is 0 Å². The van der Waals surface area contributed by atoms with Crippen LogP contribution < -0.4 is 4.74 Å². The molecule has 1 aromatic rings. The molecule has 0 saturated carbocycles. The van der Waals surface area contributed by atoms with Crippen LogP contribution in [0.3, 0.4) is 0 Å². The number of aldehydes is 1. The molecule has 1 aromatic carbocycles. The predicted molar refractivity (Wildman–Crippen MR) is 43.1 cm³/mol. The van der Waals surface area contributed by atoms with Crippen molar-refractivity contribution in [3.05, 3.63) is 29.1 Å². The van der Waals surface area contributed by atoms with Gasteiger partial charge >= 0.3 is 0 Å². The van der Waals surface area contributed by atoms with Crippen LogP contribution >= 0.6 is 0 Å². The van der Waals surface area contributed by atoms with Gasteiger partial charge in [-0.05, 0) is 12.1 Å². The van der Waals surface area contributed by atoms with Crippen LogP contribution in [-0.2, 0) is 0 Å². The Kier molecular flexibility index (Phi) is 2.60. The van der Waals surface area contributed by atoms with Crippen LogP contribution in [0.15, 0.2) is 12.1 Å². The molecule has 1 rings (SSSR count). The number of carbonyl (C=O) groups excluding carboxylic acids is 1. The highest BCUT2D eigenvalue weighted by Crippen LogP contribution is 2.20. The molecule has 0 heterocycles. The number of hydrogen-bond donors (Lipinski definition) is 0. The van der Waals surface area contributed by atoms with Crippen molar-refractivity contribution in [1.82, 2.24) is 0 Å². The Morgan fingerprint density at radius 2 is 2.31 bits per heavy atom. The summed E-state index contributed by atoms with van der Waals surface area (Å²) < 4.78 is 17.6. The second-order valence-electron chi connectivity index (χ2n) is 2.30. The van der Waals surface area contributed by atoms with Crippen molar-refractivity contribution < 1.29 is 13.9 Å². The minimum absolute atomic E-state index is 0.00769. The summed E-state index contributed by atoms with van der Waals surface area (Å²) in [6, 6.07) is 3.88. The van der Waals surface area contributed by atoms with Crippen molar-refractivity contribution in [3.63, 3.8) is 0 Å². The Bertz CT molecular complexity index is 382. The topological polar surface area (TPSA) is 50.1 Å². The van der Waals surface area contributed by atoms with Gasteiger partial charge in [0, 0.05) is 5.56 Å². The van der Waals surface area contributed by atoms with Gasteiger partial charge in [-0.3, -0.25) is 4.79 Å². The molecule has 0 N–H and O–H groups in total. The van der Waals surface area contributed by atoms with E-state index in [4.69, 9.17) is 5.26 Å². The number of methoxy groups -OCH3 is 1. The first-order valence-electron chi connectivity index (χ1n) is 3.45.